The molecule has 0 saturated heterocycles. The number of hydrogen-bond donors (Lipinski definition) is 0. The second kappa shape index (κ2) is 9.30. The van der Waals surface area contributed by atoms with Crippen LogP contribution in [0.25, 0.3) is 0 Å². The van der Waals surface area contributed by atoms with Crippen LogP contribution >= 0.6 is 5.69 Å². The average Bonchev–Trinajstić information content (AvgIpc) is 1.97. The van der Waals surface area contributed by atoms with Gasteiger partial charge in [-0.05, 0) is 12.8 Å². The van der Waals surface area contributed by atoms with Crippen LogP contribution in [0.4, 0.5) is 0 Å². The van der Waals surface area contributed by atoms with E-state index in [2.05, 4.69) is 0 Å². The molecule has 0 saturated carbocycles. The summed E-state index contributed by atoms with van der Waals surface area (Å²) in [6, 6.07) is 0. The van der Waals surface area contributed by atoms with Crippen molar-refractivity contribution in [1.82, 2.24) is 0 Å². The van der Waals surface area contributed by atoms with Crippen molar-refractivity contribution in [3.05, 3.63) is 0 Å². The fourth-order valence-corrected chi connectivity index (χ4v) is 2.22. The van der Waals surface area contributed by atoms with E-state index in [9.17, 15) is 0 Å². The molecule has 0 aliphatic carbocycles. The molecule has 12 heavy (non-hydrogen) atoms. The predicted molar refractivity (Wildman–Crippen MR) is 59.9 cm³/mol. The topological polar surface area (TPSA) is 18.5 Å². The maximum Gasteiger partial charge on any atom is 3.00 e. The summed E-state index contributed by atoms with van der Waals surface area (Å²) >= 11 is 9.91. The summed E-state index contributed by atoms with van der Waals surface area (Å²) in [4.78, 5) is 0. The van der Waals surface area contributed by atoms with Crippen molar-refractivity contribution < 1.29 is 9.05 Å². The van der Waals surface area contributed by atoms with Crippen molar-refractivity contribution in [2.75, 3.05) is 13.2 Å². The Morgan fingerprint density at radius 3 is 1.75 bits per heavy atom. The number of hydrogen-bond acceptors (Lipinski definition) is 4. The minimum absolute atomic E-state index is 0. The number of rotatable bonds is 6. The fourth-order valence-electron chi connectivity index (χ4n) is 0.443. The SMILES string of the molecule is CCCOP(=S)([S-])OCCC.[Sb+3]. The van der Waals surface area contributed by atoms with Gasteiger partial charge in [0.2, 0.25) is 0 Å². The molecule has 6 heteroatoms. The van der Waals surface area contributed by atoms with E-state index in [1.807, 2.05) is 13.8 Å². The van der Waals surface area contributed by atoms with E-state index in [1.165, 1.54) is 0 Å². The van der Waals surface area contributed by atoms with Gasteiger partial charge in [0.25, 0.3) is 0 Å². The van der Waals surface area contributed by atoms with Crippen molar-refractivity contribution in [2.24, 2.45) is 0 Å². The summed E-state index contributed by atoms with van der Waals surface area (Å²) in [6.07, 6.45) is 1.87. The Morgan fingerprint density at radius 1 is 1.17 bits per heavy atom. The van der Waals surface area contributed by atoms with Crippen molar-refractivity contribution in [2.45, 2.75) is 26.7 Å². The molecule has 0 aliphatic heterocycles. The Labute approximate surface area is 103 Å². The maximum atomic E-state index is 5.20. The van der Waals surface area contributed by atoms with Gasteiger partial charge in [0, 0.05) is 0 Å². The molecule has 0 aromatic heterocycles. The van der Waals surface area contributed by atoms with Crippen LogP contribution in [0.5, 0.6) is 0 Å². The third-order valence-corrected chi connectivity index (χ3v) is 3.17. The van der Waals surface area contributed by atoms with Crippen LogP contribution in [0.3, 0.4) is 0 Å². The van der Waals surface area contributed by atoms with Gasteiger partial charge in [-0.1, -0.05) is 25.7 Å². The first-order chi connectivity index (χ1) is 5.12. The molecule has 0 fully saturated rings. The summed E-state index contributed by atoms with van der Waals surface area (Å²) in [5.41, 5.74) is -2.31. The zero-order valence-electron chi connectivity index (χ0n) is 7.36. The molecule has 0 unspecified atom stereocenters. The maximum absolute atomic E-state index is 5.20. The van der Waals surface area contributed by atoms with Crippen LogP contribution in [0.15, 0.2) is 0 Å². The summed E-state index contributed by atoms with van der Waals surface area (Å²) < 4.78 is 10.4. The van der Waals surface area contributed by atoms with E-state index in [0.29, 0.717) is 13.2 Å². The Balaban J connectivity index is 0. The van der Waals surface area contributed by atoms with E-state index in [0.717, 1.165) is 12.8 Å². The zero-order chi connectivity index (χ0) is 8.74. The van der Waals surface area contributed by atoms with Gasteiger partial charge >= 0.3 is 24.4 Å². The monoisotopic (exact) mass is 334 g/mol. The summed E-state index contributed by atoms with van der Waals surface area (Å²) in [5.74, 6) is 0. The molecule has 0 aliphatic rings. The standard InChI is InChI=1S/C6H15O2PS2.Sb/c1-3-5-7-9(10,11)8-6-4-2;/h3-6H2,1-2H3,(H,10,11);/q;+3/p-1. The molecule has 0 rings (SSSR count). The molecular formula is C6H14O2PS2Sb+2. The molecule has 2 radical (unpaired) electrons. The van der Waals surface area contributed by atoms with E-state index >= 15 is 0 Å². The zero-order valence-corrected chi connectivity index (χ0v) is 12.4. The quantitative estimate of drug-likeness (QED) is 0.421. The minimum atomic E-state index is -2.31. The first-order valence-corrected chi connectivity index (χ1v) is 7.37. The second-order valence-corrected chi connectivity index (χ2v) is 7.10. The van der Waals surface area contributed by atoms with Crippen molar-refractivity contribution in [1.29, 1.82) is 0 Å². The largest absolute Gasteiger partial charge is 3.00 e. The Morgan fingerprint density at radius 2 is 1.50 bits per heavy atom. The average molecular weight is 335 g/mol. The van der Waals surface area contributed by atoms with E-state index in [-0.39, 0.29) is 24.4 Å². The summed E-state index contributed by atoms with van der Waals surface area (Å²) in [5, 5.41) is 0. The van der Waals surface area contributed by atoms with Gasteiger partial charge < -0.3 is 21.3 Å². The van der Waals surface area contributed by atoms with E-state index in [1.54, 1.807) is 0 Å². The Kier molecular flexibility index (Phi) is 12.5. The normalized spacial score (nSPS) is 10.9. The summed E-state index contributed by atoms with van der Waals surface area (Å²) in [7, 11) is 0. The molecular weight excluding hydrogens is 321 g/mol. The smallest absolute Gasteiger partial charge is 0.691 e. The Bertz CT molecular complexity index is 134. The molecule has 70 valence electrons. The van der Waals surface area contributed by atoms with Crippen LogP contribution in [-0.2, 0) is 33.1 Å². The van der Waals surface area contributed by atoms with E-state index < -0.39 is 5.69 Å². The second-order valence-electron chi connectivity index (χ2n) is 2.11. The predicted octanol–water partition coefficient (Wildman–Crippen LogP) is 2.23. The van der Waals surface area contributed by atoms with Gasteiger partial charge in [0.05, 0.1) is 18.9 Å². The van der Waals surface area contributed by atoms with Gasteiger partial charge in [0.1, 0.15) is 0 Å². The van der Waals surface area contributed by atoms with Gasteiger partial charge in [-0.2, -0.15) is 0 Å². The summed E-state index contributed by atoms with van der Waals surface area (Å²) in [6.45, 7) is 5.27. The van der Waals surface area contributed by atoms with Crippen LogP contribution in [0.1, 0.15) is 26.7 Å². The van der Waals surface area contributed by atoms with Gasteiger partial charge in [0.15, 0.2) is 0 Å². The first kappa shape index (κ1) is 16.2. The van der Waals surface area contributed by atoms with Gasteiger partial charge in [-0.15, -0.1) is 0 Å². The Hall–Kier alpha value is 1.74. The molecule has 2 nitrogen and oxygen atoms in total. The molecule has 0 spiro atoms. The van der Waals surface area contributed by atoms with Crippen LogP contribution in [0.2, 0.25) is 0 Å². The molecule has 0 atom stereocenters. The van der Waals surface area contributed by atoms with Crippen molar-refractivity contribution in [3.63, 3.8) is 0 Å². The van der Waals surface area contributed by atoms with E-state index in [4.69, 9.17) is 33.1 Å². The molecule has 0 amide bonds. The fraction of sp³-hybridized carbons (Fsp3) is 1.00. The van der Waals surface area contributed by atoms with Crippen LogP contribution in [-0.4, -0.2) is 37.6 Å². The van der Waals surface area contributed by atoms with Crippen LogP contribution in [0, 0.1) is 0 Å². The molecule has 0 bridgehead atoms. The van der Waals surface area contributed by atoms with Gasteiger partial charge in [-0.25, -0.2) is 0 Å². The van der Waals surface area contributed by atoms with Gasteiger partial charge in [-0.3, -0.25) is 0 Å². The molecule has 0 aromatic rings. The third kappa shape index (κ3) is 9.82. The molecule has 0 heterocycles. The van der Waals surface area contributed by atoms with Crippen molar-refractivity contribution >= 4 is 54.2 Å². The molecule has 0 N–H and O–H groups in total. The first-order valence-electron chi connectivity index (χ1n) is 3.72. The van der Waals surface area contributed by atoms with Crippen molar-refractivity contribution in [3.8, 4) is 0 Å². The minimum Gasteiger partial charge on any atom is -0.691 e. The third-order valence-electron chi connectivity index (χ3n) is 0.907. The van der Waals surface area contributed by atoms with Crippen LogP contribution < -0.4 is 0 Å². The molecule has 0 aromatic carbocycles.